The van der Waals surface area contributed by atoms with Gasteiger partial charge in [0.1, 0.15) is 0 Å². The van der Waals surface area contributed by atoms with Gasteiger partial charge in [0.2, 0.25) is 0 Å². The van der Waals surface area contributed by atoms with Gasteiger partial charge in [-0.05, 0) is 0 Å². The van der Waals surface area contributed by atoms with Crippen molar-refractivity contribution in [2.45, 2.75) is 207 Å². The Kier molecular flexibility index (Phi) is 74.7. The monoisotopic (exact) mass is 621 g/mol. The van der Waals surface area contributed by atoms with Crippen molar-refractivity contribution in [2.24, 2.45) is 0 Å². The molecule has 0 heterocycles. The molecule has 41 heavy (non-hydrogen) atoms. The molecule has 0 amide bonds. The summed E-state index contributed by atoms with van der Waals surface area (Å²) < 4.78 is 0. The Balaban J connectivity index is -0.000000139. The third kappa shape index (κ3) is 73.9. The van der Waals surface area contributed by atoms with E-state index < -0.39 is 0 Å². The van der Waals surface area contributed by atoms with Gasteiger partial charge in [-0.25, -0.2) is 0 Å². The van der Waals surface area contributed by atoms with Crippen LogP contribution in [0.1, 0.15) is 207 Å². The van der Waals surface area contributed by atoms with Crippen LogP contribution >= 0.6 is 0 Å². The van der Waals surface area contributed by atoms with Gasteiger partial charge in [0.25, 0.3) is 0 Å². The molecule has 0 bridgehead atoms. The Hall–Kier alpha value is 0.554. The first kappa shape index (κ1) is 51.1. The van der Waals surface area contributed by atoms with E-state index in [-0.39, 0.29) is 48.1 Å². The molecule has 0 N–H and O–H groups in total. The second-order valence-electron chi connectivity index (χ2n) is 11.3. The van der Waals surface area contributed by atoms with E-state index in [2.05, 4.69) is 27.7 Å². The van der Waals surface area contributed by atoms with E-state index in [0.29, 0.717) is 0 Å². The molecule has 0 unspecified atom stereocenters. The first-order chi connectivity index (χ1) is 19.7. The Morgan fingerprint density at radius 3 is 0.463 bits per heavy atom. The minimum atomic E-state index is 0. The van der Waals surface area contributed by atoms with Gasteiger partial charge in [0.05, 0.1) is 0 Å². The van der Waals surface area contributed by atoms with Gasteiger partial charge < -0.3 is 20.4 Å². The third-order valence-electron chi connectivity index (χ3n) is 6.99. The molecule has 0 atom stereocenters. The Morgan fingerprint density at radius 2 is 0.341 bits per heavy atom. The number of hydrogen-bond donors (Lipinski definition) is 0. The van der Waals surface area contributed by atoms with Crippen molar-refractivity contribution in [3.05, 3.63) is 0 Å². The predicted molar refractivity (Wildman–Crippen MR) is 171 cm³/mol. The van der Waals surface area contributed by atoms with Crippen LogP contribution in [0.2, 0.25) is 0 Å². The molecule has 0 aromatic rings. The average Bonchev–Trinajstić information content (AvgIpc) is 2.97. The first-order valence-corrected chi connectivity index (χ1v) is 18.0. The minimum Gasteiger partial charge on any atom is -0.854 e. The molecule has 0 aliphatic rings. The van der Waals surface area contributed by atoms with Crippen LogP contribution in [0.3, 0.4) is 0 Å². The predicted octanol–water partition coefficient (Wildman–Crippen LogP) is 8.39. The van der Waals surface area contributed by atoms with Crippen LogP contribution in [0.15, 0.2) is 0 Å². The van der Waals surface area contributed by atoms with Gasteiger partial charge in [0, 0.05) is 0 Å². The average molecular weight is 621 g/mol. The van der Waals surface area contributed by atoms with Crippen molar-refractivity contribution in [2.75, 3.05) is 26.4 Å². The maximum absolute atomic E-state index is 10.0. The van der Waals surface area contributed by atoms with Gasteiger partial charge in [-0.15, -0.1) is 26.4 Å². The minimum absolute atomic E-state index is 0. The van der Waals surface area contributed by atoms with Crippen molar-refractivity contribution in [1.29, 1.82) is 0 Å². The van der Waals surface area contributed by atoms with Crippen molar-refractivity contribution in [1.82, 2.24) is 0 Å². The van der Waals surface area contributed by atoms with Gasteiger partial charge in [0.15, 0.2) is 0 Å². The standard InChI is InChI=1S/4C9H19O.Ti/c4*1-2-3-4-5-6-7-8-9-10;/h4*2-9H2,1H3;/q4*-1;+4. The molecule has 4 nitrogen and oxygen atoms in total. The SMILES string of the molecule is CCCCCCCCC[O-].CCCCCCCCC[O-].CCCCCCCCC[O-].CCCCCCCCC[O-].[Ti+4]. The number of hydrogen-bond acceptors (Lipinski definition) is 4. The molecule has 248 valence electrons. The fourth-order valence-electron chi connectivity index (χ4n) is 4.24. The summed E-state index contributed by atoms with van der Waals surface area (Å²) in [5, 5.41) is 40.1. The molecule has 5 heteroatoms. The van der Waals surface area contributed by atoms with Gasteiger partial charge in [-0.3, -0.25) is 0 Å². The molecule has 0 aromatic heterocycles. The Morgan fingerprint density at radius 1 is 0.220 bits per heavy atom. The summed E-state index contributed by atoms with van der Waals surface area (Å²) in [6.07, 6.45) is 34.6. The van der Waals surface area contributed by atoms with Crippen molar-refractivity contribution < 1.29 is 42.1 Å². The summed E-state index contributed by atoms with van der Waals surface area (Å²) in [5.41, 5.74) is 0. The molecule has 0 radical (unpaired) electrons. The normalized spacial score (nSPS) is 9.95. The van der Waals surface area contributed by atoms with E-state index >= 15 is 0 Å². The molecular formula is C36H76O4Ti. The largest absolute Gasteiger partial charge is 4.00 e. The summed E-state index contributed by atoms with van der Waals surface area (Å²) in [6.45, 7) is 9.35. The quantitative estimate of drug-likeness (QED) is 0.0649. The Bertz CT molecular complexity index is 250. The molecule has 0 aromatic carbocycles. The maximum atomic E-state index is 10.0. The second-order valence-corrected chi connectivity index (χ2v) is 11.3. The summed E-state index contributed by atoms with van der Waals surface area (Å²) in [4.78, 5) is 0. The van der Waals surface area contributed by atoms with Crippen LogP contribution in [-0.4, -0.2) is 26.4 Å². The second kappa shape index (κ2) is 59.9. The van der Waals surface area contributed by atoms with Crippen LogP contribution in [0.5, 0.6) is 0 Å². The van der Waals surface area contributed by atoms with E-state index in [4.69, 9.17) is 0 Å². The van der Waals surface area contributed by atoms with E-state index in [1.165, 1.54) is 128 Å². The number of rotatable bonds is 28. The van der Waals surface area contributed by atoms with Crippen LogP contribution in [0.25, 0.3) is 0 Å². The van der Waals surface area contributed by atoms with Crippen molar-refractivity contribution in [3.8, 4) is 0 Å². The zero-order valence-corrected chi connectivity index (χ0v) is 30.3. The van der Waals surface area contributed by atoms with Gasteiger partial charge in [-0.2, -0.15) is 0 Å². The topological polar surface area (TPSA) is 92.2 Å². The fraction of sp³-hybridized carbons (Fsp3) is 1.00. The fourth-order valence-corrected chi connectivity index (χ4v) is 4.24. The van der Waals surface area contributed by atoms with Crippen LogP contribution in [0.4, 0.5) is 0 Å². The van der Waals surface area contributed by atoms with Crippen LogP contribution in [-0.2, 0) is 21.7 Å². The van der Waals surface area contributed by atoms with E-state index in [1.807, 2.05) is 0 Å². The summed E-state index contributed by atoms with van der Waals surface area (Å²) in [5.74, 6) is 0. The van der Waals surface area contributed by atoms with E-state index in [9.17, 15) is 20.4 Å². The molecule has 0 fully saturated rings. The molecule has 0 rings (SSSR count). The zero-order valence-electron chi connectivity index (χ0n) is 28.8. The zero-order chi connectivity index (χ0) is 30.6. The Labute approximate surface area is 275 Å². The molecule has 0 aliphatic carbocycles. The smallest absolute Gasteiger partial charge is 0.854 e. The van der Waals surface area contributed by atoms with Crippen molar-refractivity contribution in [3.63, 3.8) is 0 Å². The third-order valence-corrected chi connectivity index (χ3v) is 6.99. The van der Waals surface area contributed by atoms with E-state index in [0.717, 1.165) is 51.4 Å². The summed E-state index contributed by atoms with van der Waals surface area (Å²) in [6, 6.07) is 0. The number of unbranched alkanes of at least 4 members (excludes halogenated alkanes) is 24. The molecule has 0 saturated heterocycles. The first-order valence-electron chi connectivity index (χ1n) is 18.0. The molecule has 0 aliphatic heterocycles. The van der Waals surface area contributed by atoms with Gasteiger partial charge >= 0.3 is 21.7 Å². The maximum Gasteiger partial charge on any atom is 4.00 e. The van der Waals surface area contributed by atoms with Crippen LogP contribution in [0, 0.1) is 0 Å². The summed E-state index contributed by atoms with van der Waals surface area (Å²) >= 11 is 0. The molecule has 0 spiro atoms. The summed E-state index contributed by atoms with van der Waals surface area (Å²) in [7, 11) is 0. The van der Waals surface area contributed by atoms with Gasteiger partial charge in [-0.1, -0.05) is 207 Å². The van der Waals surface area contributed by atoms with E-state index in [1.54, 1.807) is 0 Å². The molecular weight excluding hydrogens is 544 g/mol. The molecule has 0 saturated carbocycles. The van der Waals surface area contributed by atoms with Crippen LogP contribution < -0.4 is 20.4 Å². The van der Waals surface area contributed by atoms with Crippen molar-refractivity contribution >= 4 is 0 Å².